The Morgan fingerprint density at radius 1 is 1.13 bits per heavy atom. The van der Waals surface area contributed by atoms with Gasteiger partial charge in [-0.3, -0.25) is 4.79 Å². The number of halogens is 2. The van der Waals surface area contributed by atoms with E-state index in [1.807, 2.05) is 48.5 Å². The standard InChI is InChI=1S/C24H17BrClNO3/c25-17-6-9-21-19(11-17)24(12-20(24)15-4-7-18(26)8-5-15)23(30)27(21)13-14-2-1-3-16(10-14)22(28)29/h1-11,20H,12-13H2,(H,28,29)/t20-,24-/m1/s1. The first-order valence-electron chi connectivity index (χ1n) is 9.60. The van der Waals surface area contributed by atoms with Gasteiger partial charge in [-0.1, -0.05) is 51.8 Å². The van der Waals surface area contributed by atoms with Crippen molar-refractivity contribution in [2.45, 2.75) is 24.3 Å². The SMILES string of the molecule is O=C(O)c1cccc(CN2C(=O)[C@]3(C[C@@H]3c3ccc(Cl)cc3)c3cc(Br)ccc32)c1. The van der Waals surface area contributed by atoms with Crippen molar-refractivity contribution >= 4 is 45.1 Å². The highest BCUT2D eigenvalue weighted by molar-refractivity contribution is 9.10. The first kappa shape index (κ1) is 19.3. The Labute approximate surface area is 187 Å². The summed E-state index contributed by atoms with van der Waals surface area (Å²) in [6.07, 6.45) is 0.753. The van der Waals surface area contributed by atoms with Crippen LogP contribution in [0.5, 0.6) is 0 Å². The van der Waals surface area contributed by atoms with Crippen LogP contribution in [0.2, 0.25) is 5.02 Å². The number of rotatable bonds is 4. The molecule has 2 atom stereocenters. The number of carboxylic acids is 1. The Bertz CT molecular complexity index is 1190. The summed E-state index contributed by atoms with van der Waals surface area (Å²) in [5.74, 6) is -0.808. The fourth-order valence-corrected chi connectivity index (χ4v) is 5.09. The topological polar surface area (TPSA) is 57.6 Å². The lowest BCUT2D eigenvalue weighted by atomic mass is 9.92. The summed E-state index contributed by atoms with van der Waals surface area (Å²) < 4.78 is 0.935. The molecule has 4 nitrogen and oxygen atoms in total. The largest absolute Gasteiger partial charge is 0.478 e. The molecule has 2 aliphatic rings. The van der Waals surface area contributed by atoms with Crippen LogP contribution in [0.4, 0.5) is 5.69 Å². The van der Waals surface area contributed by atoms with E-state index in [-0.39, 0.29) is 17.4 Å². The molecule has 5 rings (SSSR count). The lowest BCUT2D eigenvalue weighted by Gasteiger charge is -2.19. The molecular weight excluding hydrogens is 466 g/mol. The molecule has 1 amide bonds. The van der Waals surface area contributed by atoms with Crippen LogP contribution in [-0.2, 0) is 16.8 Å². The first-order chi connectivity index (χ1) is 14.4. The summed E-state index contributed by atoms with van der Waals surface area (Å²) in [5, 5.41) is 9.96. The quantitative estimate of drug-likeness (QED) is 0.513. The second-order valence-corrected chi connectivity index (χ2v) is 9.19. The first-order valence-corrected chi connectivity index (χ1v) is 10.8. The number of carbonyl (C=O) groups is 2. The van der Waals surface area contributed by atoms with Crippen molar-refractivity contribution < 1.29 is 14.7 Å². The second kappa shape index (κ2) is 6.96. The maximum Gasteiger partial charge on any atom is 0.335 e. The molecule has 0 unspecified atom stereocenters. The Hall–Kier alpha value is -2.63. The number of nitrogens with zero attached hydrogens (tertiary/aromatic N) is 1. The summed E-state index contributed by atoms with van der Waals surface area (Å²) in [7, 11) is 0. The van der Waals surface area contributed by atoms with Crippen molar-refractivity contribution in [3.63, 3.8) is 0 Å². The molecule has 0 saturated heterocycles. The average molecular weight is 483 g/mol. The zero-order valence-corrected chi connectivity index (χ0v) is 18.2. The molecule has 0 radical (unpaired) electrons. The Morgan fingerprint density at radius 2 is 1.90 bits per heavy atom. The van der Waals surface area contributed by atoms with Crippen LogP contribution in [0.1, 0.15) is 39.4 Å². The van der Waals surface area contributed by atoms with Gasteiger partial charge in [0.25, 0.3) is 0 Å². The molecule has 1 heterocycles. The number of amides is 1. The number of benzene rings is 3. The van der Waals surface area contributed by atoms with Gasteiger partial charge in [0.1, 0.15) is 0 Å². The molecule has 30 heavy (non-hydrogen) atoms. The number of carbonyl (C=O) groups excluding carboxylic acids is 1. The second-order valence-electron chi connectivity index (χ2n) is 7.84. The van der Waals surface area contributed by atoms with Gasteiger partial charge in [0.15, 0.2) is 0 Å². The molecule has 1 aliphatic heterocycles. The minimum atomic E-state index is -0.976. The minimum absolute atomic E-state index is 0.0660. The Morgan fingerprint density at radius 3 is 2.63 bits per heavy atom. The van der Waals surface area contributed by atoms with Crippen molar-refractivity contribution in [3.8, 4) is 0 Å². The molecular formula is C24H17BrClNO3. The normalized spacial score (nSPS) is 21.7. The summed E-state index contributed by atoms with van der Waals surface area (Å²) in [4.78, 5) is 26.8. The van der Waals surface area contributed by atoms with E-state index in [1.165, 1.54) is 0 Å². The predicted octanol–water partition coefficient (Wildman–Crippen LogP) is 5.77. The van der Waals surface area contributed by atoms with E-state index < -0.39 is 11.4 Å². The van der Waals surface area contributed by atoms with Crippen molar-refractivity contribution in [2.24, 2.45) is 0 Å². The van der Waals surface area contributed by atoms with Gasteiger partial charge in [-0.15, -0.1) is 0 Å². The van der Waals surface area contributed by atoms with E-state index in [0.29, 0.717) is 11.6 Å². The maximum atomic E-state index is 13.7. The van der Waals surface area contributed by atoms with Crippen molar-refractivity contribution in [2.75, 3.05) is 4.90 Å². The molecule has 1 saturated carbocycles. The third-order valence-corrected chi connectivity index (χ3v) is 6.85. The Kier molecular flexibility index (Phi) is 4.49. The zero-order chi connectivity index (χ0) is 21.0. The number of aromatic carboxylic acids is 1. The van der Waals surface area contributed by atoms with Gasteiger partial charge in [0.2, 0.25) is 5.91 Å². The summed E-state index contributed by atoms with van der Waals surface area (Å²) in [6, 6.07) is 20.4. The van der Waals surface area contributed by atoms with Gasteiger partial charge in [-0.2, -0.15) is 0 Å². The van der Waals surface area contributed by atoms with E-state index in [1.54, 1.807) is 23.1 Å². The van der Waals surface area contributed by atoms with Crippen LogP contribution in [0.3, 0.4) is 0 Å². The molecule has 6 heteroatoms. The van der Waals surface area contributed by atoms with Crippen molar-refractivity contribution in [3.05, 3.63) is 98.5 Å². The highest BCUT2D eigenvalue weighted by atomic mass is 79.9. The third kappa shape index (κ3) is 2.96. The molecule has 3 aromatic carbocycles. The number of anilines is 1. The third-order valence-electron chi connectivity index (χ3n) is 6.10. The van der Waals surface area contributed by atoms with E-state index >= 15 is 0 Å². The number of fused-ring (bicyclic) bond motifs is 2. The predicted molar refractivity (Wildman–Crippen MR) is 119 cm³/mol. The van der Waals surface area contributed by atoms with Crippen molar-refractivity contribution in [1.82, 2.24) is 0 Å². The molecule has 1 fully saturated rings. The fourth-order valence-electron chi connectivity index (χ4n) is 4.60. The lowest BCUT2D eigenvalue weighted by Crippen LogP contribution is -2.32. The average Bonchev–Trinajstić information content (AvgIpc) is 3.45. The molecule has 1 spiro atoms. The van der Waals surface area contributed by atoms with E-state index in [4.69, 9.17) is 11.6 Å². The van der Waals surface area contributed by atoms with Gasteiger partial charge in [-0.25, -0.2) is 4.79 Å². The summed E-state index contributed by atoms with van der Waals surface area (Å²) in [6.45, 7) is 0.337. The van der Waals surface area contributed by atoms with Crippen molar-refractivity contribution in [1.29, 1.82) is 0 Å². The maximum absolute atomic E-state index is 13.7. The van der Waals surface area contributed by atoms with E-state index in [0.717, 1.165) is 33.3 Å². The van der Waals surface area contributed by atoms with Crippen LogP contribution in [0, 0.1) is 0 Å². The monoisotopic (exact) mass is 481 g/mol. The van der Waals surface area contributed by atoms with Gasteiger partial charge in [-0.05, 0) is 65.6 Å². The van der Waals surface area contributed by atoms with Crippen LogP contribution in [-0.4, -0.2) is 17.0 Å². The molecule has 0 aromatic heterocycles. The van der Waals surface area contributed by atoms with Crippen LogP contribution >= 0.6 is 27.5 Å². The molecule has 0 bridgehead atoms. The van der Waals surface area contributed by atoms with E-state index in [2.05, 4.69) is 15.9 Å². The molecule has 1 aliphatic carbocycles. The summed E-state index contributed by atoms with van der Waals surface area (Å²) in [5.41, 5.74) is 3.45. The molecule has 1 N–H and O–H groups in total. The van der Waals surface area contributed by atoms with Gasteiger partial charge in [0, 0.05) is 21.1 Å². The fraction of sp³-hybridized carbons (Fsp3) is 0.167. The van der Waals surface area contributed by atoms with Gasteiger partial charge in [0.05, 0.1) is 17.5 Å². The minimum Gasteiger partial charge on any atom is -0.478 e. The molecule has 150 valence electrons. The highest BCUT2D eigenvalue weighted by Gasteiger charge is 2.67. The zero-order valence-electron chi connectivity index (χ0n) is 15.8. The van der Waals surface area contributed by atoms with Gasteiger partial charge >= 0.3 is 5.97 Å². The Balaban J connectivity index is 1.54. The van der Waals surface area contributed by atoms with Gasteiger partial charge < -0.3 is 10.0 Å². The smallest absolute Gasteiger partial charge is 0.335 e. The van der Waals surface area contributed by atoms with Crippen LogP contribution < -0.4 is 4.90 Å². The highest BCUT2D eigenvalue weighted by Crippen LogP contribution is 2.66. The van der Waals surface area contributed by atoms with Crippen LogP contribution in [0.15, 0.2) is 71.2 Å². The van der Waals surface area contributed by atoms with E-state index in [9.17, 15) is 14.7 Å². The number of carboxylic acid groups (broad SMARTS) is 1. The summed E-state index contributed by atoms with van der Waals surface area (Å²) >= 11 is 9.59. The van der Waals surface area contributed by atoms with Crippen LogP contribution in [0.25, 0.3) is 0 Å². The number of hydrogen-bond acceptors (Lipinski definition) is 2. The number of hydrogen-bond donors (Lipinski definition) is 1. The lowest BCUT2D eigenvalue weighted by molar-refractivity contribution is -0.120. The molecule has 3 aromatic rings.